The molecular weight excluding hydrogens is 294 g/mol. The average Bonchev–Trinajstić information content (AvgIpc) is 2.93. The maximum absolute atomic E-state index is 5.19. The first-order chi connectivity index (χ1) is 11.1. The summed E-state index contributed by atoms with van der Waals surface area (Å²) in [5.74, 6) is 3.05. The van der Waals surface area contributed by atoms with Crippen molar-refractivity contribution in [3.63, 3.8) is 0 Å². The van der Waals surface area contributed by atoms with E-state index in [1.807, 2.05) is 19.9 Å². The van der Waals surface area contributed by atoms with Gasteiger partial charge >= 0.3 is 0 Å². The number of aromatic nitrogens is 4. The highest BCUT2D eigenvalue weighted by molar-refractivity contribution is 5.43. The van der Waals surface area contributed by atoms with Crippen LogP contribution in [0.3, 0.4) is 0 Å². The second-order valence-corrected chi connectivity index (χ2v) is 5.72. The number of rotatable bonds is 5. The molecule has 0 bridgehead atoms. The minimum absolute atomic E-state index is 0.678. The Morgan fingerprint density at radius 2 is 1.91 bits per heavy atom. The summed E-state index contributed by atoms with van der Waals surface area (Å²) in [6.07, 6.45) is 0. The fraction of sp³-hybridized carbons (Fsp3) is 0.600. The summed E-state index contributed by atoms with van der Waals surface area (Å²) < 4.78 is 5.19. The van der Waals surface area contributed by atoms with Crippen LogP contribution in [-0.4, -0.2) is 57.7 Å². The highest BCUT2D eigenvalue weighted by Crippen LogP contribution is 2.16. The fourth-order valence-corrected chi connectivity index (χ4v) is 2.67. The summed E-state index contributed by atoms with van der Waals surface area (Å²) in [7, 11) is 0. The number of aryl methyl sites for hydroxylation is 2. The summed E-state index contributed by atoms with van der Waals surface area (Å²) in [5, 5.41) is 7.09. The van der Waals surface area contributed by atoms with E-state index in [-0.39, 0.29) is 0 Å². The Labute approximate surface area is 135 Å². The summed E-state index contributed by atoms with van der Waals surface area (Å²) >= 11 is 0. The molecule has 0 unspecified atom stereocenters. The Hall–Kier alpha value is -2.22. The maximum atomic E-state index is 5.19. The van der Waals surface area contributed by atoms with Crippen LogP contribution >= 0.6 is 0 Å². The van der Waals surface area contributed by atoms with Crippen LogP contribution < -0.4 is 10.2 Å². The lowest BCUT2D eigenvalue weighted by Gasteiger charge is -2.34. The molecule has 3 rings (SSSR count). The number of nitrogens with zero attached hydrogens (tertiary/aromatic N) is 6. The quantitative estimate of drug-likeness (QED) is 0.881. The van der Waals surface area contributed by atoms with E-state index in [1.54, 1.807) is 0 Å². The van der Waals surface area contributed by atoms with Crippen molar-refractivity contribution in [2.24, 2.45) is 0 Å². The maximum Gasteiger partial charge on any atom is 0.240 e. The van der Waals surface area contributed by atoms with Gasteiger partial charge in [0.25, 0.3) is 0 Å². The first kappa shape index (κ1) is 15.7. The minimum Gasteiger partial charge on any atom is -0.370 e. The normalized spacial score (nSPS) is 15.9. The highest BCUT2D eigenvalue weighted by atomic mass is 16.5. The Morgan fingerprint density at radius 1 is 1.13 bits per heavy atom. The minimum atomic E-state index is 0.678. The van der Waals surface area contributed by atoms with Gasteiger partial charge in [-0.1, -0.05) is 5.16 Å². The van der Waals surface area contributed by atoms with E-state index in [0.717, 1.165) is 50.2 Å². The van der Waals surface area contributed by atoms with Crippen LogP contribution in [0.1, 0.15) is 24.3 Å². The van der Waals surface area contributed by atoms with Gasteiger partial charge in [-0.3, -0.25) is 4.90 Å². The predicted molar refractivity (Wildman–Crippen MR) is 87.5 cm³/mol. The van der Waals surface area contributed by atoms with Crippen molar-refractivity contribution >= 4 is 11.8 Å². The molecule has 8 nitrogen and oxygen atoms in total. The van der Waals surface area contributed by atoms with Crippen molar-refractivity contribution in [1.82, 2.24) is 25.0 Å². The number of hydrogen-bond acceptors (Lipinski definition) is 8. The third-order valence-electron chi connectivity index (χ3n) is 3.78. The van der Waals surface area contributed by atoms with Gasteiger partial charge in [0.1, 0.15) is 5.82 Å². The summed E-state index contributed by atoms with van der Waals surface area (Å²) in [5.41, 5.74) is 0.981. The molecule has 23 heavy (non-hydrogen) atoms. The van der Waals surface area contributed by atoms with Crippen molar-refractivity contribution in [2.75, 3.05) is 42.9 Å². The van der Waals surface area contributed by atoms with Gasteiger partial charge in [0.2, 0.25) is 11.8 Å². The Morgan fingerprint density at radius 3 is 2.57 bits per heavy atom. The van der Waals surface area contributed by atoms with Gasteiger partial charge < -0.3 is 14.7 Å². The molecule has 3 heterocycles. The van der Waals surface area contributed by atoms with Gasteiger partial charge in [-0.05, 0) is 20.8 Å². The molecule has 1 aliphatic rings. The monoisotopic (exact) mass is 317 g/mol. The van der Waals surface area contributed by atoms with E-state index in [4.69, 9.17) is 4.52 Å². The van der Waals surface area contributed by atoms with Gasteiger partial charge in [0, 0.05) is 44.5 Å². The molecule has 1 fully saturated rings. The molecule has 0 radical (unpaired) electrons. The molecule has 0 amide bonds. The smallest absolute Gasteiger partial charge is 0.240 e. The number of hydrogen-bond donors (Lipinski definition) is 1. The van der Waals surface area contributed by atoms with E-state index in [1.165, 1.54) is 0 Å². The summed E-state index contributed by atoms with van der Waals surface area (Å²) in [6, 6.07) is 1.97. The van der Waals surface area contributed by atoms with Crippen LogP contribution in [0.25, 0.3) is 0 Å². The molecule has 0 aliphatic carbocycles. The lowest BCUT2D eigenvalue weighted by atomic mass is 10.3. The standard InChI is InChI=1S/C15H23N7O/c1-4-16-13-9-11(2)17-15(19-13)22-7-5-21(6-8-22)10-14-18-12(3)20-23-14/h9H,4-8,10H2,1-3H3,(H,16,17,19). The third kappa shape index (κ3) is 3.95. The first-order valence-electron chi connectivity index (χ1n) is 8.00. The molecule has 8 heteroatoms. The van der Waals surface area contributed by atoms with Gasteiger partial charge in [-0.25, -0.2) is 4.98 Å². The fourth-order valence-electron chi connectivity index (χ4n) is 2.67. The van der Waals surface area contributed by atoms with Crippen LogP contribution in [0.4, 0.5) is 11.8 Å². The molecule has 1 N–H and O–H groups in total. The molecule has 1 saturated heterocycles. The zero-order valence-electron chi connectivity index (χ0n) is 13.9. The zero-order valence-corrected chi connectivity index (χ0v) is 13.9. The Kier molecular flexibility index (Phi) is 4.71. The number of anilines is 2. The Bertz CT molecular complexity index is 649. The second-order valence-electron chi connectivity index (χ2n) is 5.72. The number of nitrogens with one attached hydrogen (secondary N) is 1. The van der Waals surface area contributed by atoms with Crippen molar-refractivity contribution in [3.05, 3.63) is 23.5 Å². The van der Waals surface area contributed by atoms with E-state index in [0.29, 0.717) is 18.3 Å². The molecule has 0 spiro atoms. The zero-order chi connectivity index (χ0) is 16.2. The van der Waals surface area contributed by atoms with Crippen LogP contribution in [0.15, 0.2) is 10.6 Å². The average molecular weight is 317 g/mol. The molecule has 124 valence electrons. The number of piperazine rings is 1. The topological polar surface area (TPSA) is 83.2 Å². The molecular formula is C15H23N7O. The van der Waals surface area contributed by atoms with E-state index >= 15 is 0 Å². The molecule has 2 aromatic rings. The largest absolute Gasteiger partial charge is 0.370 e. The lowest BCUT2D eigenvalue weighted by molar-refractivity contribution is 0.214. The molecule has 2 aromatic heterocycles. The SMILES string of the molecule is CCNc1cc(C)nc(N2CCN(Cc3nc(C)no3)CC2)n1. The van der Waals surface area contributed by atoms with Crippen molar-refractivity contribution in [3.8, 4) is 0 Å². The lowest BCUT2D eigenvalue weighted by Crippen LogP contribution is -2.46. The second kappa shape index (κ2) is 6.91. The van der Waals surface area contributed by atoms with Gasteiger partial charge in [-0.2, -0.15) is 9.97 Å². The molecule has 1 aliphatic heterocycles. The highest BCUT2D eigenvalue weighted by Gasteiger charge is 2.21. The van der Waals surface area contributed by atoms with Crippen LogP contribution in [0, 0.1) is 13.8 Å². The Balaban J connectivity index is 1.60. The van der Waals surface area contributed by atoms with E-state index in [2.05, 4.69) is 42.1 Å². The van der Waals surface area contributed by atoms with Crippen LogP contribution in [-0.2, 0) is 6.54 Å². The van der Waals surface area contributed by atoms with Crippen molar-refractivity contribution < 1.29 is 4.52 Å². The third-order valence-corrected chi connectivity index (χ3v) is 3.78. The van der Waals surface area contributed by atoms with Crippen molar-refractivity contribution in [2.45, 2.75) is 27.3 Å². The molecule has 0 atom stereocenters. The predicted octanol–water partition coefficient (Wildman–Crippen LogP) is 1.23. The van der Waals surface area contributed by atoms with Crippen LogP contribution in [0.2, 0.25) is 0 Å². The molecule has 0 saturated carbocycles. The van der Waals surface area contributed by atoms with E-state index in [9.17, 15) is 0 Å². The van der Waals surface area contributed by atoms with Gasteiger partial charge in [0.05, 0.1) is 6.54 Å². The molecule has 0 aromatic carbocycles. The van der Waals surface area contributed by atoms with Crippen molar-refractivity contribution in [1.29, 1.82) is 0 Å². The van der Waals surface area contributed by atoms with E-state index < -0.39 is 0 Å². The summed E-state index contributed by atoms with van der Waals surface area (Å²) in [4.78, 5) is 18.0. The van der Waals surface area contributed by atoms with Gasteiger partial charge in [0.15, 0.2) is 5.82 Å². The first-order valence-corrected chi connectivity index (χ1v) is 8.00. The van der Waals surface area contributed by atoms with Crippen LogP contribution in [0.5, 0.6) is 0 Å². The van der Waals surface area contributed by atoms with Gasteiger partial charge in [-0.15, -0.1) is 0 Å². The summed E-state index contributed by atoms with van der Waals surface area (Å²) in [6.45, 7) is 11.1.